The van der Waals surface area contributed by atoms with E-state index in [1.807, 2.05) is 45.0 Å². The first-order valence-electron chi connectivity index (χ1n) is 10.3. The van der Waals surface area contributed by atoms with Gasteiger partial charge in [0, 0.05) is 32.4 Å². The second-order valence-corrected chi connectivity index (χ2v) is 8.09. The second-order valence-electron chi connectivity index (χ2n) is 8.09. The molecule has 2 aromatic rings. The normalized spacial score (nSPS) is 14.1. The molecule has 1 aromatic carbocycles. The van der Waals surface area contributed by atoms with Crippen molar-refractivity contribution in [2.75, 3.05) is 32.8 Å². The van der Waals surface area contributed by atoms with Crippen LogP contribution in [-0.2, 0) is 11.3 Å². The molecule has 0 bridgehead atoms. The van der Waals surface area contributed by atoms with Crippen LogP contribution in [0.3, 0.4) is 0 Å². The summed E-state index contributed by atoms with van der Waals surface area (Å²) in [6, 6.07) is 11.2. The molecule has 7 nitrogen and oxygen atoms in total. The van der Waals surface area contributed by atoms with Gasteiger partial charge < -0.3 is 19.1 Å². The van der Waals surface area contributed by atoms with Gasteiger partial charge in [-0.1, -0.05) is 43.7 Å². The van der Waals surface area contributed by atoms with Crippen molar-refractivity contribution in [3.05, 3.63) is 69.6 Å². The van der Waals surface area contributed by atoms with E-state index in [9.17, 15) is 14.4 Å². The molecule has 1 aliphatic rings. The maximum absolute atomic E-state index is 12.9. The lowest BCUT2D eigenvalue weighted by Crippen LogP contribution is -2.51. The monoisotopic (exact) mass is 411 g/mol. The molecule has 160 valence electrons. The molecule has 2 heterocycles. The second kappa shape index (κ2) is 9.61. The van der Waals surface area contributed by atoms with E-state index in [2.05, 4.69) is 0 Å². The van der Waals surface area contributed by atoms with Crippen molar-refractivity contribution in [1.29, 1.82) is 0 Å². The number of carbonyl (C=O) groups excluding carboxylic acids is 2. The predicted octanol–water partition coefficient (Wildman–Crippen LogP) is 2.76. The number of nitrogens with zero attached hydrogens (tertiary/aromatic N) is 3. The van der Waals surface area contributed by atoms with Crippen molar-refractivity contribution in [2.45, 2.75) is 27.3 Å². The van der Waals surface area contributed by atoms with Gasteiger partial charge in [0.05, 0.1) is 13.2 Å². The standard InChI is InChI=1S/C23H29N3O4/c1-17(2)16-30-23(29)25-12-10-24(11-13-25)21(27)20-8-5-9-26(22(20)28)15-19-7-4-6-18(3)14-19/h4-9,14,17H,10-13,15-16H2,1-3H3. The molecule has 0 N–H and O–H groups in total. The van der Waals surface area contributed by atoms with Crippen LogP contribution in [0.2, 0.25) is 0 Å². The predicted molar refractivity (Wildman–Crippen MR) is 115 cm³/mol. The molecule has 1 aliphatic heterocycles. The number of rotatable bonds is 5. The topological polar surface area (TPSA) is 71.8 Å². The molecule has 1 saturated heterocycles. The Balaban J connectivity index is 1.65. The summed E-state index contributed by atoms with van der Waals surface area (Å²) in [5, 5.41) is 0. The van der Waals surface area contributed by atoms with Gasteiger partial charge in [0.2, 0.25) is 0 Å². The van der Waals surface area contributed by atoms with Gasteiger partial charge in [-0.3, -0.25) is 9.59 Å². The number of amides is 2. The van der Waals surface area contributed by atoms with Crippen molar-refractivity contribution in [2.24, 2.45) is 5.92 Å². The number of aryl methyl sites for hydroxylation is 1. The van der Waals surface area contributed by atoms with Gasteiger partial charge in [-0.2, -0.15) is 0 Å². The van der Waals surface area contributed by atoms with Crippen LogP contribution in [0.1, 0.15) is 35.3 Å². The highest BCUT2D eigenvalue weighted by atomic mass is 16.6. The molecule has 30 heavy (non-hydrogen) atoms. The first kappa shape index (κ1) is 21.6. The maximum atomic E-state index is 12.9. The number of benzene rings is 1. The number of piperazine rings is 1. The van der Waals surface area contributed by atoms with Crippen molar-refractivity contribution in [1.82, 2.24) is 14.4 Å². The van der Waals surface area contributed by atoms with Crippen molar-refractivity contribution >= 4 is 12.0 Å². The lowest BCUT2D eigenvalue weighted by Gasteiger charge is -2.34. The Kier molecular flexibility index (Phi) is 6.92. The highest BCUT2D eigenvalue weighted by molar-refractivity contribution is 5.94. The smallest absolute Gasteiger partial charge is 0.409 e. The van der Waals surface area contributed by atoms with Gasteiger partial charge in [-0.15, -0.1) is 0 Å². The molecule has 0 atom stereocenters. The molecule has 1 fully saturated rings. The van der Waals surface area contributed by atoms with Crippen LogP contribution < -0.4 is 5.56 Å². The summed E-state index contributed by atoms with van der Waals surface area (Å²) in [7, 11) is 0. The van der Waals surface area contributed by atoms with Crippen LogP contribution >= 0.6 is 0 Å². The zero-order chi connectivity index (χ0) is 21.7. The summed E-state index contributed by atoms with van der Waals surface area (Å²) in [5.41, 5.74) is 1.98. The molecular formula is C23H29N3O4. The number of hydrogen-bond acceptors (Lipinski definition) is 4. The molecule has 2 amide bonds. The summed E-state index contributed by atoms with van der Waals surface area (Å²) in [6.45, 7) is 8.30. The summed E-state index contributed by atoms with van der Waals surface area (Å²) in [4.78, 5) is 41.2. The fraction of sp³-hybridized carbons (Fsp3) is 0.435. The van der Waals surface area contributed by atoms with Crippen molar-refractivity contribution in [3.63, 3.8) is 0 Å². The van der Waals surface area contributed by atoms with Gasteiger partial charge in [0.25, 0.3) is 11.5 Å². The Morgan fingerprint density at radius 1 is 1.03 bits per heavy atom. The summed E-state index contributed by atoms with van der Waals surface area (Å²) < 4.78 is 6.81. The van der Waals surface area contributed by atoms with E-state index in [4.69, 9.17) is 4.74 Å². The van der Waals surface area contributed by atoms with Gasteiger partial charge in [-0.25, -0.2) is 4.79 Å². The van der Waals surface area contributed by atoms with Crippen LogP contribution in [0.4, 0.5) is 4.79 Å². The molecule has 0 radical (unpaired) electrons. The SMILES string of the molecule is Cc1cccc(Cn2cccc(C(=O)N3CCN(C(=O)OCC(C)C)CC3)c2=O)c1. The Morgan fingerprint density at radius 3 is 2.40 bits per heavy atom. The molecule has 7 heteroatoms. The van der Waals surface area contributed by atoms with Crippen LogP contribution in [0.5, 0.6) is 0 Å². The first-order valence-corrected chi connectivity index (χ1v) is 10.3. The van der Waals surface area contributed by atoms with E-state index < -0.39 is 0 Å². The minimum atomic E-state index is -0.351. The van der Waals surface area contributed by atoms with E-state index in [0.29, 0.717) is 39.3 Å². The van der Waals surface area contributed by atoms with Crippen LogP contribution in [0.25, 0.3) is 0 Å². The fourth-order valence-corrected chi connectivity index (χ4v) is 3.42. The molecule has 0 aliphatic carbocycles. The summed E-state index contributed by atoms with van der Waals surface area (Å²) >= 11 is 0. The van der Waals surface area contributed by atoms with Crippen LogP contribution in [0.15, 0.2) is 47.4 Å². The molecule has 1 aromatic heterocycles. The third-order valence-corrected chi connectivity index (χ3v) is 5.05. The Morgan fingerprint density at radius 2 is 1.73 bits per heavy atom. The van der Waals surface area contributed by atoms with E-state index in [1.54, 1.807) is 32.7 Å². The van der Waals surface area contributed by atoms with E-state index in [-0.39, 0.29) is 29.0 Å². The number of pyridine rings is 1. The highest BCUT2D eigenvalue weighted by Crippen LogP contribution is 2.10. The zero-order valence-electron chi connectivity index (χ0n) is 17.8. The van der Waals surface area contributed by atoms with Crippen LogP contribution in [-0.4, -0.2) is 59.2 Å². The molecule has 3 rings (SSSR count). The lowest BCUT2D eigenvalue weighted by atomic mass is 10.1. The quantitative estimate of drug-likeness (QED) is 0.759. The van der Waals surface area contributed by atoms with Crippen molar-refractivity contribution < 1.29 is 14.3 Å². The van der Waals surface area contributed by atoms with Gasteiger partial charge in [0.15, 0.2) is 0 Å². The third-order valence-electron chi connectivity index (χ3n) is 5.05. The minimum absolute atomic E-state index is 0.154. The number of carbonyl (C=O) groups is 2. The average molecular weight is 412 g/mol. The Hall–Kier alpha value is -3.09. The zero-order valence-corrected chi connectivity index (χ0v) is 17.8. The summed E-state index contributed by atoms with van der Waals surface area (Å²) in [5.74, 6) is -0.0225. The average Bonchev–Trinajstić information content (AvgIpc) is 2.73. The minimum Gasteiger partial charge on any atom is -0.449 e. The van der Waals surface area contributed by atoms with E-state index in [0.717, 1.165) is 11.1 Å². The first-order chi connectivity index (χ1) is 14.3. The Bertz CT molecular complexity index is 959. The lowest BCUT2D eigenvalue weighted by molar-refractivity contribution is 0.0533. The maximum Gasteiger partial charge on any atom is 0.409 e. The van der Waals surface area contributed by atoms with E-state index >= 15 is 0 Å². The van der Waals surface area contributed by atoms with Crippen LogP contribution in [0, 0.1) is 12.8 Å². The molecule has 0 spiro atoms. The van der Waals surface area contributed by atoms with Crippen molar-refractivity contribution in [3.8, 4) is 0 Å². The van der Waals surface area contributed by atoms with Gasteiger partial charge >= 0.3 is 6.09 Å². The largest absolute Gasteiger partial charge is 0.449 e. The summed E-state index contributed by atoms with van der Waals surface area (Å²) in [6.07, 6.45) is 1.35. The van der Waals surface area contributed by atoms with E-state index in [1.165, 1.54) is 0 Å². The number of aromatic nitrogens is 1. The fourth-order valence-electron chi connectivity index (χ4n) is 3.42. The number of hydrogen-bond donors (Lipinski definition) is 0. The van der Waals surface area contributed by atoms with Gasteiger partial charge in [-0.05, 0) is 30.5 Å². The third kappa shape index (κ3) is 5.28. The number of ether oxygens (including phenoxy) is 1. The van der Waals surface area contributed by atoms with Gasteiger partial charge in [0.1, 0.15) is 5.56 Å². The molecular weight excluding hydrogens is 382 g/mol. The molecule has 0 saturated carbocycles. The molecule has 0 unspecified atom stereocenters. The Labute approximate surface area is 176 Å². The highest BCUT2D eigenvalue weighted by Gasteiger charge is 2.27.